The molecule has 0 fully saturated rings. The zero-order valence-corrected chi connectivity index (χ0v) is 18.0. The number of hydrogen-bond acceptors (Lipinski definition) is 6. The number of likely N-dealkylation sites (N-methyl/N-ethyl adjacent to an activating group) is 1. The van der Waals surface area contributed by atoms with Crippen LogP contribution in [-0.2, 0) is 9.84 Å². The predicted octanol–water partition coefficient (Wildman–Crippen LogP) is 3.22. The van der Waals surface area contributed by atoms with E-state index in [0.717, 1.165) is 10.3 Å². The van der Waals surface area contributed by atoms with Crippen molar-refractivity contribution in [2.24, 2.45) is 0 Å². The summed E-state index contributed by atoms with van der Waals surface area (Å²) in [6, 6.07) is 12.3. The lowest BCUT2D eigenvalue weighted by atomic mass is 10.1. The quantitative estimate of drug-likeness (QED) is 0.616. The van der Waals surface area contributed by atoms with Gasteiger partial charge in [-0.05, 0) is 51.4 Å². The fourth-order valence-electron chi connectivity index (χ4n) is 2.67. The van der Waals surface area contributed by atoms with Crippen LogP contribution in [-0.4, -0.2) is 57.6 Å². The lowest BCUT2D eigenvalue weighted by Crippen LogP contribution is -2.36. The highest BCUT2D eigenvalue weighted by Gasteiger charge is 2.22. The fourth-order valence-corrected chi connectivity index (χ4v) is 4.43. The summed E-state index contributed by atoms with van der Waals surface area (Å²) >= 11 is 1.32. The minimum Gasteiger partial charge on any atom is -0.308 e. The molecule has 0 saturated heterocycles. The standard InChI is InChI=1S/C20H23N3O3S2/c1-14-5-7-15(8-6-14)19(24)23(12-11-22(2)3)20-21-17-10-9-16(28(4,25)26)13-18(17)27-20/h5-10,13H,11-12H2,1-4H3. The van der Waals surface area contributed by atoms with Crippen LogP contribution in [0.25, 0.3) is 10.2 Å². The number of carbonyl (C=O) groups is 1. The lowest BCUT2D eigenvalue weighted by Gasteiger charge is -2.22. The molecule has 3 aromatic rings. The molecule has 0 bridgehead atoms. The van der Waals surface area contributed by atoms with Crippen molar-refractivity contribution in [2.75, 3.05) is 38.3 Å². The molecule has 3 rings (SSSR count). The van der Waals surface area contributed by atoms with E-state index >= 15 is 0 Å². The number of aromatic nitrogens is 1. The maximum absolute atomic E-state index is 13.2. The molecular weight excluding hydrogens is 394 g/mol. The fraction of sp³-hybridized carbons (Fsp3) is 0.300. The molecule has 2 aromatic carbocycles. The van der Waals surface area contributed by atoms with Gasteiger partial charge in [-0.15, -0.1) is 0 Å². The minimum absolute atomic E-state index is 0.121. The molecule has 0 radical (unpaired) electrons. The van der Waals surface area contributed by atoms with Gasteiger partial charge in [-0.3, -0.25) is 9.69 Å². The highest BCUT2D eigenvalue weighted by atomic mass is 32.2. The van der Waals surface area contributed by atoms with Crippen LogP contribution in [0.15, 0.2) is 47.4 Å². The minimum atomic E-state index is -3.30. The molecular formula is C20H23N3O3S2. The van der Waals surface area contributed by atoms with Gasteiger partial charge in [-0.2, -0.15) is 0 Å². The Bertz CT molecular complexity index is 1100. The molecule has 0 aliphatic carbocycles. The number of thiazole rings is 1. The molecule has 6 nitrogen and oxygen atoms in total. The van der Waals surface area contributed by atoms with Crippen LogP contribution < -0.4 is 4.90 Å². The summed E-state index contributed by atoms with van der Waals surface area (Å²) in [7, 11) is 0.601. The van der Waals surface area contributed by atoms with Crippen molar-refractivity contribution >= 4 is 42.4 Å². The Balaban J connectivity index is 2.01. The van der Waals surface area contributed by atoms with E-state index in [9.17, 15) is 13.2 Å². The third-order valence-electron chi connectivity index (χ3n) is 4.32. The number of benzene rings is 2. The van der Waals surface area contributed by atoms with Gasteiger partial charge in [0.1, 0.15) is 0 Å². The molecule has 0 aliphatic rings. The van der Waals surface area contributed by atoms with E-state index in [1.54, 1.807) is 23.1 Å². The van der Waals surface area contributed by atoms with E-state index in [-0.39, 0.29) is 10.8 Å². The third-order valence-corrected chi connectivity index (χ3v) is 6.47. The van der Waals surface area contributed by atoms with Crippen LogP contribution in [0.3, 0.4) is 0 Å². The van der Waals surface area contributed by atoms with Gasteiger partial charge in [0.2, 0.25) is 0 Å². The molecule has 0 N–H and O–H groups in total. The first-order chi connectivity index (χ1) is 13.1. The molecule has 1 aromatic heterocycles. The number of aryl methyl sites for hydroxylation is 1. The molecule has 1 amide bonds. The zero-order valence-electron chi connectivity index (χ0n) is 16.3. The number of carbonyl (C=O) groups excluding carboxylic acids is 1. The summed E-state index contributed by atoms with van der Waals surface area (Å²) in [5.41, 5.74) is 2.36. The van der Waals surface area contributed by atoms with Crippen molar-refractivity contribution in [1.29, 1.82) is 0 Å². The Morgan fingerprint density at radius 3 is 2.36 bits per heavy atom. The van der Waals surface area contributed by atoms with Gasteiger partial charge in [-0.25, -0.2) is 13.4 Å². The van der Waals surface area contributed by atoms with E-state index < -0.39 is 9.84 Å². The number of nitrogens with zero attached hydrogens (tertiary/aromatic N) is 3. The SMILES string of the molecule is Cc1ccc(C(=O)N(CCN(C)C)c2nc3ccc(S(C)(=O)=O)cc3s2)cc1. The van der Waals surface area contributed by atoms with Gasteiger partial charge in [0.25, 0.3) is 5.91 Å². The predicted molar refractivity (Wildman–Crippen MR) is 114 cm³/mol. The van der Waals surface area contributed by atoms with Gasteiger partial charge >= 0.3 is 0 Å². The third kappa shape index (κ3) is 4.57. The van der Waals surface area contributed by atoms with Crippen molar-refractivity contribution < 1.29 is 13.2 Å². The monoisotopic (exact) mass is 417 g/mol. The van der Waals surface area contributed by atoms with Crippen LogP contribution in [0, 0.1) is 6.92 Å². The molecule has 0 saturated carbocycles. The molecule has 28 heavy (non-hydrogen) atoms. The van der Waals surface area contributed by atoms with E-state index in [4.69, 9.17) is 0 Å². The largest absolute Gasteiger partial charge is 0.308 e. The second-order valence-electron chi connectivity index (χ2n) is 7.02. The molecule has 8 heteroatoms. The lowest BCUT2D eigenvalue weighted by molar-refractivity contribution is 0.0985. The summed E-state index contributed by atoms with van der Waals surface area (Å²) in [4.78, 5) is 21.7. The summed E-state index contributed by atoms with van der Waals surface area (Å²) in [5.74, 6) is -0.121. The van der Waals surface area contributed by atoms with Gasteiger partial charge in [0, 0.05) is 24.9 Å². The van der Waals surface area contributed by atoms with E-state index in [1.165, 1.54) is 17.6 Å². The molecule has 0 atom stereocenters. The molecule has 0 aliphatic heterocycles. The molecule has 1 heterocycles. The van der Waals surface area contributed by atoms with Crippen molar-refractivity contribution in [3.8, 4) is 0 Å². The molecule has 148 valence electrons. The number of fused-ring (bicyclic) bond motifs is 1. The van der Waals surface area contributed by atoms with Crippen LogP contribution in [0.4, 0.5) is 5.13 Å². The Morgan fingerprint density at radius 2 is 1.75 bits per heavy atom. The Hall–Kier alpha value is -2.29. The molecule has 0 spiro atoms. The summed E-state index contributed by atoms with van der Waals surface area (Å²) in [5, 5.41) is 0.563. The highest BCUT2D eigenvalue weighted by Crippen LogP contribution is 2.31. The van der Waals surface area contributed by atoms with Crippen LogP contribution in [0.5, 0.6) is 0 Å². The zero-order chi connectivity index (χ0) is 20.5. The smallest absolute Gasteiger partial charge is 0.260 e. The average Bonchev–Trinajstić information content (AvgIpc) is 3.04. The van der Waals surface area contributed by atoms with Crippen LogP contribution in [0.1, 0.15) is 15.9 Å². The summed E-state index contributed by atoms with van der Waals surface area (Å²) in [6.07, 6.45) is 1.18. The highest BCUT2D eigenvalue weighted by molar-refractivity contribution is 7.90. The average molecular weight is 418 g/mol. The first-order valence-electron chi connectivity index (χ1n) is 8.79. The van der Waals surface area contributed by atoms with E-state index in [0.29, 0.717) is 29.3 Å². The Labute approximate surface area is 169 Å². The maximum Gasteiger partial charge on any atom is 0.260 e. The number of sulfone groups is 1. The number of anilines is 1. The Morgan fingerprint density at radius 1 is 1.07 bits per heavy atom. The number of amides is 1. The number of rotatable bonds is 6. The van der Waals surface area contributed by atoms with E-state index in [2.05, 4.69) is 4.98 Å². The van der Waals surface area contributed by atoms with Gasteiger partial charge in [0.05, 0.1) is 15.1 Å². The number of hydrogen-bond donors (Lipinski definition) is 0. The first-order valence-corrected chi connectivity index (χ1v) is 11.5. The summed E-state index contributed by atoms with van der Waals surface area (Å²) in [6.45, 7) is 3.14. The van der Waals surface area contributed by atoms with Crippen molar-refractivity contribution in [3.63, 3.8) is 0 Å². The van der Waals surface area contributed by atoms with Crippen molar-refractivity contribution in [3.05, 3.63) is 53.6 Å². The van der Waals surface area contributed by atoms with Gasteiger partial charge < -0.3 is 4.90 Å². The first kappa shape index (κ1) is 20.4. The van der Waals surface area contributed by atoms with Crippen molar-refractivity contribution in [2.45, 2.75) is 11.8 Å². The maximum atomic E-state index is 13.2. The van der Waals surface area contributed by atoms with Crippen molar-refractivity contribution in [1.82, 2.24) is 9.88 Å². The van der Waals surface area contributed by atoms with Crippen LogP contribution in [0.2, 0.25) is 0 Å². The van der Waals surface area contributed by atoms with Gasteiger partial charge in [-0.1, -0.05) is 29.0 Å². The van der Waals surface area contributed by atoms with E-state index in [1.807, 2.05) is 50.2 Å². The second kappa shape index (κ2) is 7.98. The summed E-state index contributed by atoms with van der Waals surface area (Å²) < 4.78 is 24.4. The Kier molecular flexibility index (Phi) is 5.83. The van der Waals surface area contributed by atoms with Crippen LogP contribution >= 0.6 is 11.3 Å². The van der Waals surface area contributed by atoms with Gasteiger partial charge in [0.15, 0.2) is 15.0 Å². The molecule has 0 unspecified atom stereocenters. The normalized spacial score (nSPS) is 11.9. The second-order valence-corrected chi connectivity index (χ2v) is 10.0. The topological polar surface area (TPSA) is 70.6 Å².